The van der Waals surface area contributed by atoms with Gasteiger partial charge in [-0.1, -0.05) is 18.2 Å². The van der Waals surface area contributed by atoms with Crippen molar-refractivity contribution in [3.8, 4) is 5.75 Å². The number of fused-ring (bicyclic) bond motifs is 1. The predicted molar refractivity (Wildman–Crippen MR) is 116 cm³/mol. The Balaban J connectivity index is 1.36. The van der Waals surface area contributed by atoms with Crippen molar-refractivity contribution in [3.63, 3.8) is 0 Å². The summed E-state index contributed by atoms with van der Waals surface area (Å²) in [4.78, 5) is 42.9. The SMILES string of the molecule is COc1ccc(CCN2C(=O)N[C@H](CC(=O)Nc3cccc4ncccc34)C2=O)cc1. The van der Waals surface area contributed by atoms with Crippen molar-refractivity contribution < 1.29 is 19.1 Å². The van der Waals surface area contributed by atoms with Gasteiger partial charge in [-0.15, -0.1) is 0 Å². The van der Waals surface area contributed by atoms with Crippen molar-refractivity contribution in [2.24, 2.45) is 0 Å². The Labute approximate surface area is 179 Å². The number of carbonyl (C=O) groups excluding carboxylic acids is 3. The lowest BCUT2D eigenvalue weighted by Gasteiger charge is -2.13. The summed E-state index contributed by atoms with van der Waals surface area (Å²) in [5.74, 6) is -0.00736. The molecule has 4 rings (SSSR count). The third-order valence-corrected chi connectivity index (χ3v) is 5.20. The van der Waals surface area contributed by atoms with Crippen LogP contribution in [0.2, 0.25) is 0 Å². The molecule has 31 heavy (non-hydrogen) atoms. The van der Waals surface area contributed by atoms with E-state index in [-0.39, 0.29) is 18.9 Å². The molecular formula is C23H22N4O4. The van der Waals surface area contributed by atoms with Crippen molar-refractivity contribution in [1.29, 1.82) is 0 Å². The molecule has 1 atom stereocenters. The zero-order chi connectivity index (χ0) is 21.8. The van der Waals surface area contributed by atoms with E-state index in [9.17, 15) is 14.4 Å². The summed E-state index contributed by atoms with van der Waals surface area (Å²) >= 11 is 0. The maximum atomic E-state index is 12.7. The summed E-state index contributed by atoms with van der Waals surface area (Å²) in [7, 11) is 1.59. The van der Waals surface area contributed by atoms with Crippen molar-refractivity contribution in [2.45, 2.75) is 18.9 Å². The molecule has 0 bridgehead atoms. The second kappa shape index (κ2) is 8.83. The summed E-state index contributed by atoms with van der Waals surface area (Å²) in [6.45, 7) is 0.240. The number of hydrogen-bond acceptors (Lipinski definition) is 5. The molecule has 158 valence electrons. The lowest BCUT2D eigenvalue weighted by molar-refractivity contribution is -0.129. The highest BCUT2D eigenvalue weighted by atomic mass is 16.5. The molecule has 4 amide bonds. The Morgan fingerprint density at radius 3 is 2.71 bits per heavy atom. The van der Waals surface area contributed by atoms with Gasteiger partial charge >= 0.3 is 6.03 Å². The lowest BCUT2D eigenvalue weighted by atomic mass is 10.1. The number of benzene rings is 2. The fourth-order valence-electron chi connectivity index (χ4n) is 3.56. The van der Waals surface area contributed by atoms with Crippen molar-refractivity contribution in [3.05, 3.63) is 66.4 Å². The van der Waals surface area contributed by atoms with Gasteiger partial charge in [-0.05, 0) is 48.4 Å². The number of urea groups is 1. The molecule has 8 nitrogen and oxygen atoms in total. The van der Waals surface area contributed by atoms with Gasteiger partial charge < -0.3 is 15.4 Å². The second-order valence-corrected chi connectivity index (χ2v) is 7.22. The zero-order valence-corrected chi connectivity index (χ0v) is 17.0. The standard InChI is InChI=1S/C23H22N4O4/c1-31-16-9-7-15(8-10-16)11-13-27-22(29)20(26-23(27)30)14-21(28)25-19-6-2-5-18-17(19)4-3-12-24-18/h2-10,12,20H,11,13-14H2,1H3,(H,25,28)(H,26,30)/t20-/m1/s1. The number of imide groups is 1. The van der Waals surface area contributed by atoms with Gasteiger partial charge in [0.25, 0.3) is 5.91 Å². The Morgan fingerprint density at radius 2 is 1.94 bits per heavy atom. The summed E-state index contributed by atoms with van der Waals surface area (Å²) in [5.41, 5.74) is 2.35. The van der Waals surface area contributed by atoms with Crippen LogP contribution in [0.15, 0.2) is 60.8 Å². The average molecular weight is 418 g/mol. The van der Waals surface area contributed by atoms with E-state index in [0.717, 1.165) is 27.1 Å². The molecule has 1 fully saturated rings. The van der Waals surface area contributed by atoms with Gasteiger partial charge in [0.05, 0.1) is 24.7 Å². The maximum absolute atomic E-state index is 12.7. The Kier molecular flexibility index (Phi) is 5.79. The molecule has 0 spiro atoms. The molecule has 1 aliphatic rings. The minimum absolute atomic E-state index is 0.139. The van der Waals surface area contributed by atoms with Crippen LogP contribution in [0, 0.1) is 0 Å². The number of ether oxygens (including phenoxy) is 1. The average Bonchev–Trinajstić information content (AvgIpc) is 3.05. The largest absolute Gasteiger partial charge is 0.497 e. The van der Waals surface area contributed by atoms with Gasteiger partial charge in [0, 0.05) is 18.1 Å². The molecule has 1 saturated heterocycles. The minimum atomic E-state index is -0.878. The van der Waals surface area contributed by atoms with E-state index in [1.54, 1.807) is 31.5 Å². The fourth-order valence-corrected chi connectivity index (χ4v) is 3.56. The molecule has 0 aliphatic carbocycles. The smallest absolute Gasteiger partial charge is 0.324 e. The third-order valence-electron chi connectivity index (χ3n) is 5.20. The zero-order valence-electron chi connectivity index (χ0n) is 17.0. The summed E-state index contributed by atoms with van der Waals surface area (Å²) in [6.07, 6.45) is 2.06. The first-order chi connectivity index (χ1) is 15.0. The first-order valence-electron chi connectivity index (χ1n) is 9.93. The first-order valence-corrected chi connectivity index (χ1v) is 9.93. The molecule has 0 unspecified atom stereocenters. The maximum Gasteiger partial charge on any atom is 0.324 e. The fraction of sp³-hybridized carbons (Fsp3) is 0.217. The number of pyridine rings is 1. The number of anilines is 1. The van der Waals surface area contributed by atoms with Crippen molar-refractivity contribution >= 4 is 34.4 Å². The van der Waals surface area contributed by atoms with Crippen LogP contribution >= 0.6 is 0 Å². The number of amides is 4. The number of nitrogens with one attached hydrogen (secondary N) is 2. The van der Waals surface area contributed by atoms with Gasteiger partial charge in [-0.3, -0.25) is 19.5 Å². The predicted octanol–water partition coefficient (Wildman–Crippen LogP) is 2.74. The highest BCUT2D eigenvalue weighted by Gasteiger charge is 2.38. The molecule has 0 saturated carbocycles. The third kappa shape index (κ3) is 4.48. The van der Waals surface area contributed by atoms with Crippen LogP contribution in [0.3, 0.4) is 0 Å². The first kappa shape index (κ1) is 20.3. The quantitative estimate of drug-likeness (QED) is 0.575. The van der Waals surface area contributed by atoms with Crippen molar-refractivity contribution in [1.82, 2.24) is 15.2 Å². The van der Waals surface area contributed by atoms with Crippen LogP contribution in [0.5, 0.6) is 5.75 Å². The van der Waals surface area contributed by atoms with Crippen LogP contribution in [-0.2, 0) is 16.0 Å². The van der Waals surface area contributed by atoms with Gasteiger partial charge in [-0.2, -0.15) is 0 Å². The summed E-state index contributed by atoms with van der Waals surface area (Å²) < 4.78 is 5.13. The molecular weight excluding hydrogens is 396 g/mol. The van der Waals surface area contributed by atoms with Gasteiger partial charge in [0.2, 0.25) is 5.91 Å². The molecule has 1 aromatic heterocycles. The van der Waals surface area contributed by atoms with Crippen LogP contribution in [0.25, 0.3) is 10.9 Å². The Hall–Kier alpha value is -3.94. The summed E-state index contributed by atoms with van der Waals surface area (Å²) in [5, 5.41) is 6.23. The topological polar surface area (TPSA) is 101 Å². The monoisotopic (exact) mass is 418 g/mol. The number of aromatic nitrogens is 1. The molecule has 3 aromatic rings. The van der Waals surface area contributed by atoms with Crippen LogP contribution in [-0.4, -0.2) is 47.4 Å². The molecule has 2 heterocycles. The number of rotatable bonds is 7. The highest BCUT2D eigenvalue weighted by molar-refractivity contribution is 6.08. The Bertz CT molecular complexity index is 1120. The van der Waals surface area contributed by atoms with Crippen LogP contribution in [0.4, 0.5) is 10.5 Å². The number of hydrogen-bond donors (Lipinski definition) is 2. The summed E-state index contributed by atoms with van der Waals surface area (Å²) in [6, 6.07) is 15.2. The number of methoxy groups -OCH3 is 1. The minimum Gasteiger partial charge on any atom is -0.497 e. The Morgan fingerprint density at radius 1 is 1.13 bits per heavy atom. The lowest BCUT2D eigenvalue weighted by Crippen LogP contribution is -2.35. The van der Waals surface area contributed by atoms with Crippen LogP contribution < -0.4 is 15.4 Å². The van der Waals surface area contributed by atoms with E-state index in [1.165, 1.54) is 0 Å². The van der Waals surface area contributed by atoms with E-state index in [1.807, 2.05) is 36.4 Å². The highest BCUT2D eigenvalue weighted by Crippen LogP contribution is 2.22. The van der Waals surface area contributed by atoms with Crippen LogP contribution in [0.1, 0.15) is 12.0 Å². The van der Waals surface area contributed by atoms with E-state index in [0.29, 0.717) is 12.1 Å². The van der Waals surface area contributed by atoms with E-state index < -0.39 is 18.0 Å². The normalized spacial score (nSPS) is 15.8. The van der Waals surface area contributed by atoms with Gasteiger partial charge in [0.1, 0.15) is 11.8 Å². The molecule has 8 heteroatoms. The van der Waals surface area contributed by atoms with E-state index in [2.05, 4.69) is 15.6 Å². The van der Waals surface area contributed by atoms with Gasteiger partial charge in [0.15, 0.2) is 0 Å². The molecule has 2 N–H and O–H groups in total. The molecule has 1 aliphatic heterocycles. The van der Waals surface area contributed by atoms with Crippen molar-refractivity contribution in [2.75, 3.05) is 19.0 Å². The number of nitrogens with zero attached hydrogens (tertiary/aromatic N) is 2. The second-order valence-electron chi connectivity index (χ2n) is 7.22. The molecule has 0 radical (unpaired) electrons. The van der Waals surface area contributed by atoms with Gasteiger partial charge in [-0.25, -0.2) is 4.79 Å². The number of carbonyl (C=O) groups is 3. The molecule has 2 aromatic carbocycles. The van der Waals surface area contributed by atoms with E-state index in [4.69, 9.17) is 4.74 Å². The van der Waals surface area contributed by atoms with E-state index >= 15 is 0 Å².